The van der Waals surface area contributed by atoms with E-state index in [4.69, 9.17) is 13.7 Å². The number of nitrogens with zero attached hydrogens (tertiary/aromatic N) is 1. The maximum absolute atomic E-state index is 12.8. The van der Waals surface area contributed by atoms with Crippen LogP contribution in [-0.2, 0) is 20.9 Å². The molecule has 4 aromatic carbocycles. The molecule has 0 aliphatic rings. The Labute approximate surface area is 184 Å². The van der Waals surface area contributed by atoms with Crippen molar-refractivity contribution in [3.05, 3.63) is 82.4 Å². The second-order valence-corrected chi connectivity index (χ2v) is 8.57. The average molecular weight is 453 g/mol. The molecule has 32 heavy (non-hydrogen) atoms. The summed E-state index contributed by atoms with van der Waals surface area (Å²) in [6.45, 7) is -0.253. The van der Waals surface area contributed by atoms with E-state index in [9.17, 15) is 18.5 Å². The Morgan fingerprint density at radius 2 is 1.38 bits per heavy atom. The van der Waals surface area contributed by atoms with Gasteiger partial charge in [-0.05, 0) is 35.9 Å². The van der Waals surface area contributed by atoms with E-state index < -0.39 is 15.0 Å². The molecule has 4 rings (SSSR count). The molecule has 0 atom stereocenters. The van der Waals surface area contributed by atoms with Gasteiger partial charge in [-0.3, -0.25) is 14.3 Å². The quantitative estimate of drug-likeness (QED) is 0.171. The van der Waals surface area contributed by atoms with Crippen LogP contribution in [0.4, 0.5) is 5.69 Å². The van der Waals surface area contributed by atoms with E-state index in [0.717, 1.165) is 10.8 Å². The first-order valence-electron chi connectivity index (χ1n) is 9.55. The van der Waals surface area contributed by atoms with E-state index in [1.807, 2.05) is 24.3 Å². The van der Waals surface area contributed by atoms with Crippen molar-refractivity contribution in [2.75, 3.05) is 14.2 Å². The summed E-state index contributed by atoms with van der Waals surface area (Å²) in [5, 5.41) is 13.7. The van der Waals surface area contributed by atoms with Gasteiger partial charge < -0.3 is 9.47 Å². The number of fused-ring (bicyclic) bond motifs is 2. The van der Waals surface area contributed by atoms with E-state index in [1.54, 1.807) is 13.2 Å². The third-order valence-corrected chi connectivity index (χ3v) is 6.38. The van der Waals surface area contributed by atoms with Gasteiger partial charge in [-0.25, -0.2) is 0 Å². The number of nitro groups is 1. The summed E-state index contributed by atoms with van der Waals surface area (Å²) in [5.41, 5.74) is 0.407. The second kappa shape index (κ2) is 8.45. The van der Waals surface area contributed by atoms with Crippen molar-refractivity contribution >= 4 is 37.4 Å². The number of ether oxygens (including phenoxy) is 2. The zero-order valence-electron chi connectivity index (χ0n) is 17.3. The molecule has 164 valence electrons. The van der Waals surface area contributed by atoms with Crippen molar-refractivity contribution in [1.82, 2.24) is 0 Å². The van der Waals surface area contributed by atoms with Gasteiger partial charge in [0.15, 0.2) is 0 Å². The number of methoxy groups -OCH3 is 2. The number of nitro benzene ring substituents is 1. The Bertz CT molecular complexity index is 1430. The van der Waals surface area contributed by atoms with Crippen LogP contribution in [0.15, 0.2) is 71.6 Å². The monoisotopic (exact) mass is 453 g/mol. The van der Waals surface area contributed by atoms with Gasteiger partial charge in [0.1, 0.15) is 11.5 Å². The van der Waals surface area contributed by atoms with E-state index in [-0.39, 0.29) is 17.2 Å². The van der Waals surface area contributed by atoms with Crippen molar-refractivity contribution in [2.24, 2.45) is 0 Å². The molecule has 9 heteroatoms. The summed E-state index contributed by atoms with van der Waals surface area (Å²) in [4.78, 5) is 10.2. The predicted molar refractivity (Wildman–Crippen MR) is 120 cm³/mol. The lowest BCUT2D eigenvalue weighted by molar-refractivity contribution is -0.384. The van der Waals surface area contributed by atoms with Gasteiger partial charge in [-0.2, -0.15) is 8.42 Å². The number of non-ortho nitro benzene ring substituents is 1. The highest BCUT2D eigenvalue weighted by Crippen LogP contribution is 2.43. The summed E-state index contributed by atoms with van der Waals surface area (Å²) in [6.07, 6.45) is 0. The maximum atomic E-state index is 12.8. The molecule has 0 radical (unpaired) electrons. The van der Waals surface area contributed by atoms with Gasteiger partial charge in [-0.15, -0.1) is 0 Å². The predicted octanol–water partition coefficient (Wildman–Crippen LogP) is 4.82. The summed E-state index contributed by atoms with van der Waals surface area (Å²) >= 11 is 0. The van der Waals surface area contributed by atoms with E-state index in [0.29, 0.717) is 27.8 Å². The summed E-state index contributed by atoms with van der Waals surface area (Å²) in [7, 11) is -1.02. The zero-order valence-corrected chi connectivity index (χ0v) is 18.1. The molecule has 0 amide bonds. The first kappa shape index (κ1) is 21.5. The van der Waals surface area contributed by atoms with Crippen molar-refractivity contribution in [1.29, 1.82) is 0 Å². The summed E-state index contributed by atoms with van der Waals surface area (Å²) < 4.78 is 42.1. The van der Waals surface area contributed by atoms with Gasteiger partial charge in [0.25, 0.3) is 15.8 Å². The molecule has 0 unspecified atom stereocenters. The summed E-state index contributed by atoms with van der Waals surface area (Å²) in [5.74, 6) is 1.15. The molecule has 8 nitrogen and oxygen atoms in total. The molecule has 0 aliphatic carbocycles. The van der Waals surface area contributed by atoms with Crippen LogP contribution in [0, 0.1) is 10.1 Å². The largest absolute Gasteiger partial charge is 0.495 e. The van der Waals surface area contributed by atoms with Gasteiger partial charge in [0.05, 0.1) is 30.6 Å². The lowest BCUT2D eigenvalue weighted by Crippen LogP contribution is -2.07. The Morgan fingerprint density at radius 3 is 1.94 bits per heavy atom. The van der Waals surface area contributed by atoms with Crippen molar-refractivity contribution in [2.45, 2.75) is 11.5 Å². The third-order valence-electron chi connectivity index (χ3n) is 5.12. The molecule has 0 saturated heterocycles. The fourth-order valence-corrected chi connectivity index (χ4v) is 4.53. The molecule has 0 aliphatic heterocycles. The van der Waals surface area contributed by atoms with Gasteiger partial charge in [-0.1, -0.05) is 24.3 Å². The number of hydrogen-bond acceptors (Lipinski definition) is 7. The molecule has 0 bridgehead atoms. The number of hydrogen-bond donors (Lipinski definition) is 0. The van der Waals surface area contributed by atoms with Crippen LogP contribution in [0.2, 0.25) is 0 Å². The maximum Gasteiger partial charge on any atom is 0.297 e. The van der Waals surface area contributed by atoms with Crippen LogP contribution < -0.4 is 9.47 Å². The van der Waals surface area contributed by atoms with Gasteiger partial charge >= 0.3 is 0 Å². The number of benzene rings is 4. The lowest BCUT2D eigenvalue weighted by atomic mass is 10.0. The highest BCUT2D eigenvalue weighted by molar-refractivity contribution is 7.86. The molecule has 0 saturated carbocycles. The van der Waals surface area contributed by atoms with Crippen LogP contribution >= 0.6 is 0 Å². The first-order valence-corrected chi connectivity index (χ1v) is 11.0. The summed E-state index contributed by atoms with van der Waals surface area (Å²) in [6, 6.07) is 17.6. The minimum atomic E-state index is -4.10. The van der Waals surface area contributed by atoms with Crippen molar-refractivity contribution < 1.29 is 27.0 Å². The lowest BCUT2D eigenvalue weighted by Gasteiger charge is -2.16. The SMILES string of the molecule is COc1c2ccccc2c(OC)c2cc(S(=O)(=O)OCc3ccc([N+](=O)[O-])cc3)ccc12. The molecule has 0 N–H and O–H groups in total. The molecular weight excluding hydrogens is 434 g/mol. The number of rotatable bonds is 7. The highest BCUT2D eigenvalue weighted by Gasteiger charge is 2.21. The normalized spacial score (nSPS) is 11.6. The van der Waals surface area contributed by atoms with E-state index in [2.05, 4.69) is 0 Å². The van der Waals surface area contributed by atoms with Gasteiger partial charge in [0.2, 0.25) is 0 Å². The zero-order chi connectivity index (χ0) is 22.9. The molecule has 0 aromatic heterocycles. The van der Waals surface area contributed by atoms with E-state index >= 15 is 0 Å². The Morgan fingerprint density at radius 1 is 0.812 bits per heavy atom. The fourth-order valence-electron chi connectivity index (χ4n) is 3.60. The van der Waals surface area contributed by atoms with Crippen LogP contribution in [0.1, 0.15) is 5.56 Å². The Balaban J connectivity index is 1.73. The van der Waals surface area contributed by atoms with Crippen LogP contribution in [0.5, 0.6) is 11.5 Å². The standard InChI is InChI=1S/C23H19NO7S/c1-29-22-18-5-3-4-6-19(18)23(30-2)21-13-17(11-12-20(21)22)32(27,28)31-14-15-7-9-16(10-8-15)24(25)26/h3-13H,14H2,1-2H3. The Kier molecular flexibility index (Phi) is 5.68. The molecule has 0 heterocycles. The molecular formula is C23H19NO7S. The van der Waals surface area contributed by atoms with Gasteiger partial charge in [0, 0.05) is 33.7 Å². The minimum Gasteiger partial charge on any atom is -0.495 e. The molecule has 4 aromatic rings. The van der Waals surface area contributed by atoms with E-state index in [1.165, 1.54) is 43.5 Å². The van der Waals surface area contributed by atoms with Crippen LogP contribution in [0.3, 0.4) is 0 Å². The second-order valence-electron chi connectivity index (χ2n) is 6.96. The average Bonchev–Trinajstić information content (AvgIpc) is 2.81. The first-order chi connectivity index (χ1) is 15.4. The van der Waals surface area contributed by atoms with Crippen LogP contribution in [0.25, 0.3) is 21.5 Å². The van der Waals surface area contributed by atoms with Crippen molar-refractivity contribution in [3.63, 3.8) is 0 Å². The molecule has 0 spiro atoms. The smallest absolute Gasteiger partial charge is 0.297 e. The Hall–Kier alpha value is -3.69. The third kappa shape index (κ3) is 3.83. The van der Waals surface area contributed by atoms with Crippen molar-refractivity contribution in [3.8, 4) is 11.5 Å². The highest BCUT2D eigenvalue weighted by atomic mass is 32.2. The molecule has 0 fully saturated rings. The fraction of sp³-hybridized carbons (Fsp3) is 0.130. The van der Waals surface area contributed by atoms with Crippen LogP contribution in [-0.4, -0.2) is 27.6 Å². The minimum absolute atomic E-state index is 0.0393. The topological polar surface area (TPSA) is 105 Å².